The second-order valence-electron chi connectivity index (χ2n) is 19.2. The molecule has 9 nitrogen and oxygen atoms in total. The molecule has 28 heteroatoms. The van der Waals surface area contributed by atoms with Crippen molar-refractivity contribution < 1.29 is 89.5 Å². The fourth-order valence-corrected chi connectivity index (χ4v) is 10.6. The van der Waals surface area contributed by atoms with E-state index in [9.17, 15) is 52.7 Å². The Hall–Kier alpha value is -5.22. The van der Waals surface area contributed by atoms with Gasteiger partial charge in [-0.3, -0.25) is 16.6 Å². The standard InChI is InChI=1S/C21H26BNO.C9H9BrF3NO.C8H7BrF3N.2C8H5BrF3N.C6H4BO2.2CH4.ClH/c1-2-3-16-22-23-17-10-15-20(23)21(24-22,18-11-6-4-7-12-18)19-13-8-5-9-14-19;1-15-8(14,9(11,12)13)6-3-2-4-7(10)5-6;3*9-6-3-1-2-5(4-6)7(13)8(10,11)12;1-2-4-6-5(3-1)8-7-9-6;;;/h4-9,11-14,20H,2-3,10,15-17H2,1H3;2-5H,14H2,1H3;1-4,7H,13H2;2*1-4,13H;1-4H;2*1H4;1H/t20-;;7-;;;;;;/m1.1....../s1. The quantitative estimate of drug-likeness (QED) is 0.0465. The maximum absolute atomic E-state index is 12.7. The van der Waals surface area contributed by atoms with Gasteiger partial charge in [0.1, 0.15) is 28.5 Å². The number of methoxy groups -OCH3 is 1. The first-order chi connectivity index (χ1) is 40.9. The Balaban J connectivity index is 0.000000376. The van der Waals surface area contributed by atoms with E-state index >= 15 is 0 Å². The Labute approximate surface area is 557 Å². The van der Waals surface area contributed by atoms with E-state index in [0.717, 1.165) is 24.9 Å². The predicted molar refractivity (Wildman–Crippen MR) is 340 cm³/mol. The maximum Gasteiger partial charge on any atom is 0.658 e. The van der Waals surface area contributed by atoms with Crippen LogP contribution in [-0.2, 0) is 20.7 Å². The number of unbranched alkanes of at least 4 members (excludes halogenated alkanes) is 1. The number of benzene rings is 7. The van der Waals surface area contributed by atoms with E-state index in [1.165, 1.54) is 118 Å². The number of rotatable bonds is 10. The number of nitrogens with one attached hydrogen (secondary N) is 2. The third kappa shape index (κ3) is 22.5. The zero-order valence-corrected chi connectivity index (χ0v) is 53.8. The molecule has 10 rings (SSSR count). The number of fused-ring (bicyclic) bond motifs is 2. The van der Waals surface area contributed by atoms with Crippen molar-refractivity contribution in [2.75, 3.05) is 13.7 Å². The first kappa shape index (κ1) is 80.9. The van der Waals surface area contributed by atoms with Crippen LogP contribution in [0.2, 0.25) is 6.32 Å². The maximum atomic E-state index is 12.7. The van der Waals surface area contributed by atoms with Gasteiger partial charge in [-0.05, 0) is 97.5 Å². The number of ether oxygens (including phenoxy) is 1. The molecule has 7 N–H and O–H groups in total. The minimum atomic E-state index is -4.66. The van der Waals surface area contributed by atoms with Gasteiger partial charge in [-0.25, -0.2) is 0 Å². The van der Waals surface area contributed by atoms with Crippen molar-refractivity contribution in [2.45, 2.75) is 102 Å². The lowest BCUT2D eigenvalue weighted by Gasteiger charge is -2.36. The first-order valence-corrected chi connectivity index (χ1v) is 29.5. The molecule has 2 saturated heterocycles. The highest BCUT2D eigenvalue weighted by molar-refractivity contribution is 9.11. The van der Waals surface area contributed by atoms with E-state index < -0.39 is 47.9 Å². The molecule has 3 atom stereocenters. The van der Waals surface area contributed by atoms with Crippen LogP contribution in [0.1, 0.15) is 86.9 Å². The molecule has 0 aromatic heterocycles. The van der Waals surface area contributed by atoms with Gasteiger partial charge in [0, 0.05) is 53.3 Å². The van der Waals surface area contributed by atoms with Gasteiger partial charge in [-0.1, -0.05) is 220 Å². The Bertz CT molecular complexity index is 3200. The highest BCUT2D eigenvalue weighted by Crippen LogP contribution is 2.50. The summed E-state index contributed by atoms with van der Waals surface area (Å²) in [6.45, 7) is 3.43. The van der Waals surface area contributed by atoms with Crippen LogP contribution in [0.15, 0.2) is 200 Å². The molecule has 0 amide bonds. The van der Waals surface area contributed by atoms with E-state index in [0.29, 0.717) is 23.9 Å². The number of hydrogen-bond donors (Lipinski definition) is 4. The van der Waals surface area contributed by atoms with Crippen molar-refractivity contribution in [2.24, 2.45) is 5.73 Å². The largest absolute Gasteiger partial charge is 1.00 e. The molecule has 7 aromatic rings. The molecular weight excluding hydrogens is 1480 g/mol. The van der Waals surface area contributed by atoms with Crippen LogP contribution >= 0.6 is 63.7 Å². The molecule has 0 saturated carbocycles. The van der Waals surface area contributed by atoms with Crippen molar-refractivity contribution in [1.29, 1.82) is 10.8 Å². The summed E-state index contributed by atoms with van der Waals surface area (Å²) >= 11 is 12.2. The summed E-state index contributed by atoms with van der Waals surface area (Å²) in [5.74, 6) is 1.58. The van der Waals surface area contributed by atoms with E-state index in [1.807, 2.05) is 24.3 Å². The fraction of sp³-hybridized carbons (Fsp3) is 0.290. The normalized spacial score (nSPS) is 15.4. The van der Waals surface area contributed by atoms with Crippen LogP contribution in [0, 0.1) is 10.8 Å². The molecule has 1 unspecified atom stereocenters. The molecule has 3 aliphatic heterocycles. The number of alkyl halides is 12. The number of halogens is 17. The first-order valence-electron chi connectivity index (χ1n) is 26.3. The Kier molecular flexibility index (Phi) is 32.6. The van der Waals surface area contributed by atoms with E-state index in [2.05, 4.69) is 147 Å². The van der Waals surface area contributed by atoms with Crippen LogP contribution in [0.25, 0.3) is 0 Å². The van der Waals surface area contributed by atoms with Crippen LogP contribution in [0.3, 0.4) is 0 Å². The fourth-order valence-electron chi connectivity index (χ4n) is 9.01. The average Bonchev–Trinajstić information content (AvgIpc) is 1.56. The molecule has 0 bridgehead atoms. The molecule has 487 valence electrons. The zero-order chi connectivity index (χ0) is 64.4. The summed E-state index contributed by atoms with van der Waals surface area (Å²) in [6.07, 6.45) is -12.0. The van der Waals surface area contributed by atoms with Crippen LogP contribution in [-0.4, -0.2) is 75.4 Å². The van der Waals surface area contributed by atoms with Gasteiger partial charge in [0.05, 0.1) is 0 Å². The Morgan fingerprint density at radius 3 is 1.46 bits per heavy atom. The lowest BCUT2D eigenvalue weighted by Crippen LogP contribution is -3.00. The topological polar surface area (TPSA) is 142 Å². The molecule has 3 heterocycles. The summed E-state index contributed by atoms with van der Waals surface area (Å²) in [7, 11) is 2.50. The van der Waals surface area contributed by atoms with Crippen LogP contribution in [0.5, 0.6) is 11.5 Å². The summed E-state index contributed by atoms with van der Waals surface area (Å²) in [5.41, 5.74) is 4.88. The number of nitrogens with two attached hydrogens (primary N) is 1. The second kappa shape index (κ2) is 36.3. The van der Waals surface area contributed by atoms with Crippen molar-refractivity contribution >= 4 is 89.9 Å². The molecule has 7 aromatic carbocycles. The Morgan fingerprint density at radius 2 is 1.07 bits per heavy atom. The van der Waals surface area contributed by atoms with E-state index in [4.69, 9.17) is 30.5 Å². The molecule has 2 fully saturated rings. The van der Waals surface area contributed by atoms with Crippen molar-refractivity contribution in [3.8, 4) is 11.5 Å². The highest BCUT2D eigenvalue weighted by Gasteiger charge is 2.58. The summed E-state index contributed by atoms with van der Waals surface area (Å²) < 4.78 is 170. The minimum Gasteiger partial charge on any atom is -1.00 e. The lowest BCUT2D eigenvalue weighted by atomic mass is 9.75. The van der Waals surface area contributed by atoms with Gasteiger partial charge in [-0.15, -0.1) is 0 Å². The lowest BCUT2D eigenvalue weighted by molar-refractivity contribution is -0.488. The third-order valence-corrected chi connectivity index (χ3v) is 15.3. The number of nitrogens with zero attached hydrogens (tertiary/aromatic N) is 1. The third-order valence-electron chi connectivity index (χ3n) is 13.3. The van der Waals surface area contributed by atoms with Crippen molar-refractivity contribution in [1.82, 2.24) is 4.81 Å². The molecular formula is C62H65B2Br4ClF12N5O4. The molecule has 90 heavy (non-hydrogen) atoms. The van der Waals surface area contributed by atoms with Crippen LogP contribution < -0.4 is 33.2 Å². The van der Waals surface area contributed by atoms with E-state index in [-0.39, 0.29) is 62.2 Å². The number of hydrogen-bond acceptors (Lipinski definition) is 8. The summed E-state index contributed by atoms with van der Waals surface area (Å²) in [4.78, 5) is 2.63. The SMILES string of the molecule is C.C.CCCCB1OC(c2ccccc2)(c2ccccc2)[C@H]2CCCN12.COC(N)(c1cccc(Br)c1)C(F)(F)F.N=C(c1cccc(Br)c1)C(F)(F)F.N=C(c1cccc(Br)c1)C(F)(F)F.[B]1Oc2ccccc2O1.[Cl-].[NH3+][C@H](c1cccc(Br)c1)C(F)(F)F. The summed E-state index contributed by atoms with van der Waals surface area (Å²) in [6, 6.07) is 50.9. The highest BCUT2D eigenvalue weighted by atomic mass is 79.9. The number of quaternary nitrogens is 1. The van der Waals surface area contributed by atoms with E-state index in [1.54, 1.807) is 30.3 Å². The summed E-state index contributed by atoms with van der Waals surface area (Å²) in [5, 5.41) is 13.7. The van der Waals surface area contributed by atoms with Gasteiger partial charge in [-0.2, -0.15) is 52.7 Å². The van der Waals surface area contributed by atoms with Gasteiger partial charge in [0.15, 0.2) is 0 Å². The van der Waals surface area contributed by atoms with Gasteiger partial charge in [0.25, 0.3) is 0 Å². The van der Waals surface area contributed by atoms with Gasteiger partial charge >= 0.3 is 39.4 Å². The average molecular weight is 1550 g/mol. The predicted octanol–water partition coefficient (Wildman–Crippen LogP) is 15.8. The van der Waals surface area contributed by atoms with Gasteiger partial charge < -0.3 is 41.7 Å². The molecule has 0 spiro atoms. The minimum absolute atomic E-state index is 0. The van der Waals surface area contributed by atoms with Gasteiger partial charge in [0.2, 0.25) is 11.8 Å². The molecule has 1 radical (unpaired) electrons. The molecule has 0 aliphatic carbocycles. The van der Waals surface area contributed by atoms with Crippen LogP contribution in [0.4, 0.5) is 52.7 Å². The zero-order valence-electron chi connectivity index (χ0n) is 46.7. The number of para-hydroxylation sites is 2. The Morgan fingerprint density at radius 1 is 0.644 bits per heavy atom. The second-order valence-corrected chi connectivity index (χ2v) is 22.9. The van der Waals surface area contributed by atoms with Crippen molar-refractivity contribution in [3.63, 3.8) is 0 Å². The molecule has 3 aliphatic rings. The monoisotopic (exact) mass is 1540 g/mol. The smallest absolute Gasteiger partial charge is 0.658 e. The van der Waals surface area contributed by atoms with Crippen molar-refractivity contribution in [3.05, 3.63) is 233 Å².